The Morgan fingerprint density at radius 1 is 1.38 bits per heavy atom. The number of rotatable bonds is 6. The van der Waals surface area contributed by atoms with Gasteiger partial charge in [0, 0.05) is 18.2 Å². The summed E-state index contributed by atoms with van der Waals surface area (Å²) in [5.41, 5.74) is 1.00. The molecule has 0 spiro atoms. The number of carbonyl (C=O) groups excluding carboxylic acids is 1. The van der Waals surface area contributed by atoms with E-state index in [-0.39, 0.29) is 5.91 Å². The van der Waals surface area contributed by atoms with Crippen LogP contribution in [-0.4, -0.2) is 49.1 Å². The van der Waals surface area contributed by atoms with Crippen molar-refractivity contribution in [1.82, 2.24) is 10.2 Å². The molecule has 4 nitrogen and oxygen atoms in total. The van der Waals surface area contributed by atoms with Crippen molar-refractivity contribution < 1.29 is 9.53 Å². The van der Waals surface area contributed by atoms with Crippen LogP contribution in [0.15, 0.2) is 24.3 Å². The number of benzene rings is 1. The van der Waals surface area contributed by atoms with Crippen molar-refractivity contribution in [1.29, 1.82) is 0 Å². The Morgan fingerprint density at radius 3 is 2.81 bits per heavy atom. The Morgan fingerprint density at radius 2 is 2.10 bits per heavy atom. The van der Waals surface area contributed by atoms with Gasteiger partial charge in [0.1, 0.15) is 5.75 Å². The summed E-state index contributed by atoms with van der Waals surface area (Å²) in [5, 5.41) is 2.98. The zero-order chi connectivity index (χ0) is 15.1. The first kappa shape index (κ1) is 16.2. The number of hydrogen-bond donors (Lipinski definition) is 1. The summed E-state index contributed by atoms with van der Waals surface area (Å²) in [7, 11) is 3.69. The average Bonchev–Trinajstić information content (AvgIpc) is 2.54. The molecule has 1 saturated heterocycles. The van der Waals surface area contributed by atoms with E-state index in [0.717, 1.165) is 11.3 Å². The molecule has 0 saturated carbocycles. The first-order valence-electron chi connectivity index (χ1n) is 7.37. The Labute approximate surface area is 131 Å². The summed E-state index contributed by atoms with van der Waals surface area (Å²) in [5.74, 6) is 3.30. The molecule has 0 bridgehead atoms. The fourth-order valence-corrected chi connectivity index (χ4v) is 3.66. The van der Waals surface area contributed by atoms with Crippen molar-refractivity contribution >= 4 is 17.7 Å². The highest BCUT2D eigenvalue weighted by atomic mass is 32.2. The average molecular weight is 308 g/mol. The minimum Gasteiger partial charge on any atom is -0.496 e. The van der Waals surface area contributed by atoms with E-state index in [9.17, 15) is 4.79 Å². The molecule has 1 fully saturated rings. The van der Waals surface area contributed by atoms with Gasteiger partial charge in [-0.2, -0.15) is 11.8 Å². The second kappa shape index (κ2) is 8.29. The maximum absolute atomic E-state index is 12.1. The highest BCUT2D eigenvalue weighted by molar-refractivity contribution is 7.99. The van der Waals surface area contributed by atoms with E-state index >= 15 is 0 Å². The summed E-state index contributed by atoms with van der Waals surface area (Å²) >= 11 is 2.01. The SMILES string of the molecule is COc1ccccc1CNC(=O)CN(C)C1CCSCC1. The number of carbonyl (C=O) groups is 1. The number of thioether (sulfide) groups is 1. The number of methoxy groups -OCH3 is 1. The standard InChI is InChI=1S/C16H24N2O2S/c1-18(14-7-9-21-10-8-14)12-16(19)17-11-13-5-3-4-6-15(13)20-2/h3-6,14H,7-12H2,1-2H3,(H,17,19). The third kappa shape index (κ3) is 4.93. The summed E-state index contributed by atoms with van der Waals surface area (Å²) in [6, 6.07) is 8.31. The summed E-state index contributed by atoms with van der Waals surface area (Å²) in [4.78, 5) is 14.2. The van der Waals surface area contributed by atoms with Crippen molar-refractivity contribution in [3.05, 3.63) is 29.8 Å². The summed E-state index contributed by atoms with van der Waals surface area (Å²) in [6.07, 6.45) is 2.36. The van der Waals surface area contributed by atoms with E-state index in [2.05, 4.69) is 10.2 Å². The van der Waals surface area contributed by atoms with Gasteiger partial charge in [-0.15, -0.1) is 0 Å². The van der Waals surface area contributed by atoms with Crippen molar-refractivity contribution in [3.63, 3.8) is 0 Å². The number of hydrogen-bond acceptors (Lipinski definition) is 4. The van der Waals surface area contributed by atoms with Crippen LogP contribution in [0.4, 0.5) is 0 Å². The first-order chi connectivity index (χ1) is 10.2. The fourth-order valence-electron chi connectivity index (χ4n) is 2.58. The zero-order valence-corrected chi connectivity index (χ0v) is 13.6. The molecule has 0 aromatic heterocycles. The molecule has 1 amide bonds. The second-order valence-electron chi connectivity index (χ2n) is 5.35. The van der Waals surface area contributed by atoms with Crippen LogP contribution in [-0.2, 0) is 11.3 Å². The van der Waals surface area contributed by atoms with Crippen molar-refractivity contribution in [2.24, 2.45) is 0 Å². The Hall–Kier alpha value is -1.20. The van der Waals surface area contributed by atoms with Gasteiger partial charge in [0.05, 0.1) is 13.7 Å². The van der Waals surface area contributed by atoms with Crippen LogP contribution in [0.25, 0.3) is 0 Å². The van der Waals surface area contributed by atoms with Gasteiger partial charge in [0.25, 0.3) is 0 Å². The largest absolute Gasteiger partial charge is 0.496 e. The van der Waals surface area contributed by atoms with Gasteiger partial charge in [-0.25, -0.2) is 0 Å². The topological polar surface area (TPSA) is 41.6 Å². The fraction of sp³-hybridized carbons (Fsp3) is 0.562. The van der Waals surface area contributed by atoms with E-state index in [0.29, 0.717) is 19.1 Å². The maximum Gasteiger partial charge on any atom is 0.234 e. The normalized spacial score (nSPS) is 16.0. The molecule has 1 aliphatic rings. The lowest BCUT2D eigenvalue weighted by molar-refractivity contribution is -0.122. The molecule has 5 heteroatoms. The van der Waals surface area contributed by atoms with E-state index in [1.54, 1.807) is 7.11 Å². The molecule has 2 rings (SSSR count). The van der Waals surface area contributed by atoms with Crippen molar-refractivity contribution in [2.45, 2.75) is 25.4 Å². The number of amides is 1. The smallest absolute Gasteiger partial charge is 0.234 e. The van der Waals surface area contributed by atoms with Crippen molar-refractivity contribution in [3.8, 4) is 5.75 Å². The molecular weight excluding hydrogens is 284 g/mol. The molecule has 0 radical (unpaired) electrons. The highest BCUT2D eigenvalue weighted by Gasteiger charge is 2.19. The minimum absolute atomic E-state index is 0.0710. The molecule has 116 valence electrons. The Bertz CT molecular complexity index is 461. The van der Waals surface area contributed by atoms with Gasteiger partial charge in [0.2, 0.25) is 5.91 Å². The van der Waals surface area contributed by atoms with Gasteiger partial charge in [0.15, 0.2) is 0 Å². The number of ether oxygens (including phenoxy) is 1. The summed E-state index contributed by atoms with van der Waals surface area (Å²) < 4.78 is 5.29. The van der Waals surface area contributed by atoms with Crippen LogP contribution < -0.4 is 10.1 Å². The summed E-state index contributed by atoms with van der Waals surface area (Å²) in [6.45, 7) is 0.974. The molecule has 1 aromatic carbocycles. The lowest BCUT2D eigenvalue weighted by atomic mass is 10.1. The monoisotopic (exact) mass is 308 g/mol. The number of nitrogens with zero attached hydrogens (tertiary/aromatic N) is 1. The van der Waals surface area contributed by atoms with Gasteiger partial charge in [-0.1, -0.05) is 18.2 Å². The highest BCUT2D eigenvalue weighted by Crippen LogP contribution is 2.20. The predicted molar refractivity (Wildman–Crippen MR) is 87.8 cm³/mol. The molecule has 0 atom stereocenters. The van der Waals surface area contributed by atoms with Gasteiger partial charge in [-0.05, 0) is 37.5 Å². The Balaban J connectivity index is 1.78. The van der Waals surface area contributed by atoms with E-state index < -0.39 is 0 Å². The molecule has 21 heavy (non-hydrogen) atoms. The van der Waals surface area contributed by atoms with Crippen LogP contribution in [0.1, 0.15) is 18.4 Å². The molecule has 0 unspecified atom stereocenters. The molecular formula is C16H24N2O2S. The van der Waals surface area contributed by atoms with E-state index in [4.69, 9.17) is 4.74 Å². The van der Waals surface area contributed by atoms with Crippen LogP contribution >= 0.6 is 11.8 Å². The van der Waals surface area contributed by atoms with Crippen LogP contribution in [0.2, 0.25) is 0 Å². The number of likely N-dealkylation sites (N-methyl/N-ethyl adjacent to an activating group) is 1. The second-order valence-corrected chi connectivity index (χ2v) is 6.57. The quantitative estimate of drug-likeness (QED) is 0.874. The lowest BCUT2D eigenvalue weighted by Crippen LogP contribution is -2.41. The molecule has 0 aliphatic carbocycles. The number of para-hydroxylation sites is 1. The third-order valence-corrected chi connectivity index (χ3v) is 4.92. The lowest BCUT2D eigenvalue weighted by Gasteiger charge is -2.30. The van der Waals surface area contributed by atoms with E-state index in [1.165, 1.54) is 24.3 Å². The predicted octanol–water partition coefficient (Wildman–Crippen LogP) is 2.14. The van der Waals surface area contributed by atoms with Gasteiger partial charge in [-0.3, -0.25) is 9.69 Å². The molecule has 1 heterocycles. The van der Waals surface area contributed by atoms with Gasteiger partial charge < -0.3 is 10.1 Å². The maximum atomic E-state index is 12.1. The van der Waals surface area contributed by atoms with E-state index in [1.807, 2.05) is 43.1 Å². The Kier molecular flexibility index (Phi) is 6.39. The first-order valence-corrected chi connectivity index (χ1v) is 8.52. The van der Waals surface area contributed by atoms with Gasteiger partial charge >= 0.3 is 0 Å². The number of nitrogens with one attached hydrogen (secondary N) is 1. The van der Waals surface area contributed by atoms with Crippen LogP contribution in [0.3, 0.4) is 0 Å². The van der Waals surface area contributed by atoms with Crippen LogP contribution in [0, 0.1) is 0 Å². The molecule has 1 aromatic rings. The molecule has 1 aliphatic heterocycles. The minimum atomic E-state index is 0.0710. The van der Waals surface area contributed by atoms with Crippen LogP contribution in [0.5, 0.6) is 5.75 Å². The third-order valence-electron chi connectivity index (χ3n) is 3.88. The zero-order valence-electron chi connectivity index (χ0n) is 12.8. The molecule has 1 N–H and O–H groups in total. The van der Waals surface area contributed by atoms with Crippen molar-refractivity contribution in [2.75, 3.05) is 32.2 Å².